The van der Waals surface area contributed by atoms with Crippen molar-refractivity contribution in [2.24, 2.45) is 0 Å². The van der Waals surface area contributed by atoms with Crippen LogP contribution in [0.5, 0.6) is 0 Å². The van der Waals surface area contributed by atoms with E-state index in [1.807, 2.05) is 18.2 Å². The van der Waals surface area contributed by atoms with E-state index < -0.39 is 5.60 Å². The summed E-state index contributed by atoms with van der Waals surface area (Å²) >= 11 is 0. The van der Waals surface area contributed by atoms with Crippen LogP contribution < -0.4 is 5.32 Å². The Bertz CT molecular complexity index is 606. The van der Waals surface area contributed by atoms with Crippen LogP contribution >= 0.6 is 0 Å². The molecule has 0 aliphatic carbocycles. The molecule has 2 nitrogen and oxygen atoms in total. The van der Waals surface area contributed by atoms with Gasteiger partial charge in [-0.1, -0.05) is 80.4 Å². The molecule has 3 atom stereocenters. The first kappa shape index (κ1) is 17.2. The van der Waals surface area contributed by atoms with Crippen molar-refractivity contribution in [1.82, 2.24) is 5.32 Å². The van der Waals surface area contributed by atoms with Crippen LogP contribution in [0.3, 0.4) is 0 Å². The first-order valence-electron chi connectivity index (χ1n) is 9.32. The van der Waals surface area contributed by atoms with Crippen molar-refractivity contribution in [2.75, 3.05) is 6.54 Å². The summed E-state index contributed by atoms with van der Waals surface area (Å²) in [5, 5.41) is 15.6. The van der Waals surface area contributed by atoms with Gasteiger partial charge in [-0.2, -0.15) is 0 Å². The van der Waals surface area contributed by atoms with E-state index in [-0.39, 0.29) is 5.92 Å². The predicted molar refractivity (Wildman–Crippen MR) is 100 cm³/mol. The first-order valence-corrected chi connectivity index (χ1v) is 9.32. The molecule has 2 N–H and O–H groups in total. The van der Waals surface area contributed by atoms with Gasteiger partial charge in [0.05, 0.1) is 5.60 Å². The normalized spacial score (nSPS) is 21.8. The quantitative estimate of drug-likeness (QED) is 0.814. The Morgan fingerprint density at radius 1 is 1.04 bits per heavy atom. The lowest BCUT2D eigenvalue weighted by atomic mass is 9.69. The lowest BCUT2D eigenvalue weighted by Crippen LogP contribution is -2.48. The summed E-state index contributed by atoms with van der Waals surface area (Å²) in [7, 11) is 0. The van der Waals surface area contributed by atoms with Crippen molar-refractivity contribution in [3.05, 3.63) is 71.8 Å². The average molecular weight is 323 g/mol. The van der Waals surface area contributed by atoms with Gasteiger partial charge in [-0.05, 0) is 36.9 Å². The molecule has 1 fully saturated rings. The maximum Gasteiger partial charge on any atom is 0.0979 e. The summed E-state index contributed by atoms with van der Waals surface area (Å²) in [6.45, 7) is 3.20. The minimum atomic E-state index is -0.841. The van der Waals surface area contributed by atoms with Crippen molar-refractivity contribution in [3.63, 3.8) is 0 Å². The lowest BCUT2D eigenvalue weighted by molar-refractivity contribution is -0.0177. The fourth-order valence-electron chi connectivity index (χ4n) is 4.25. The predicted octanol–water partition coefficient (Wildman–Crippen LogP) is 4.60. The average Bonchev–Trinajstić information content (AvgIpc) is 2.65. The molecule has 0 unspecified atom stereocenters. The van der Waals surface area contributed by atoms with Crippen LogP contribution in [0.2, 0.25) is 0 Å². The van der Waals surface area contributed by atoms with E-state index in [2.05, 4.69) is 54.7 Å². The van der Waals surface area contributed by atoms with Crippen molar-refractivity contribution in [1.29, 1.82) is 0 Å². The molecular weight excluding hydrogens is 294 g/mol. The monoisotopic (exact) mass is 323 g/mol. The Kier molecular flexibility index (Phi) is 5.70. The number of hydrogen-bond donors (Lipinski definition) is 2. The third kappa shape index (κ3) is 3.55. The van der Waals surface area contributed by atoms with Crippen LogP contribution in [-0.4, -0.2) is 17.7 Å². The second-order valence-electron chi connectivity index (χ2n) is 6.99. The highest BCUT2D eigenvalue weighted by Crippen LogP contribution is 2.44. The zero-order chi connectivity index (χ0) is 16.8. The van der Waals surface area contributed by atoms with Crippen LogP contribution in [0.1, 0.15) is 56.1 Å². The van der Waals surface area contributed by atoms with Crippen molar-refractivity contribution in [3.8, 4) is 0 Å². The van der Waals surface area contributed by atoms with E-state index in [1.165, 1.54) is 18.4 Å². The molecule has 128 valence electrons. The van der Waals surface area contributed by atoms with Crippen LogP contribution in [0.4, 0.5) is 0 Å². The number of aliphatic hydroxyl groups is 1. The standard InChI is InChI=1S/C22H29NO/c1-2-16-22(24,19-13-7-4-8-14-19)21(18-11-5-3-6-12-18)20-15-9-10-17-23-20/h3-8,11-14,20-21,23-24H,2,9-10,15-17H2,1H3/t20-,21+,22+/m0/s1. The molecule has 0 spiro atoms. The van der Waals surface area contributed by atoms with Crippen molar-refractivity contribution < 1.29 is 5.11 Å². The Morgan fingerprint density at radius 3 is 2.29 bits per heavy atom. The van der Waals surface area contributed by atoms with Gasteiger partial charge in [0, 0.05) is 12.0 Å². The second-order valence-corrected chi connectivity index (χ2v) is 6.99. The zero-order valence-electron chi connectivity index (χ0n) is 14.6. The lowest BCUT2D eigenvalue weighted by Gasteiger charge is -2.43. The topological polar surface area (TPSA) is 32.3 Å². The summed E-state index contributed by atoms with van der Waals surface area (Å²) in [6, 6.07) is 21.1. The van der Waals surface area contributed by atoms with E-state index in [0.29, 0.717) is 6.04 Å². The smallest absolute Gasteiger partial charge is 0.0979 e. The molecule has 1 heterocycles. The SMILES string of the molecule is CCC[C@@](O)(c1ccccc1)[C@H](c1ccccc1)[C@@H]1CCCCN1. The third-order valence-corrected chi connectivity index (χ3v) is 5.33. The highest BCUT2D eigenvalue weighted by Gasteiger charge is 2.43. The Hall–Kier alpha value is -1.64. The summed E-state index contributed by atoms with van der Waals surface area (Å²) in [5.41, 5.74) is 1.43. The van der Waals surface area contributed by atoms with Gasteiger partial charge in [0.15, 0.2) is 0 Å². The molecule has 2 aromatic rings. The van der Waals surface area contributed by atoms with Gasteiger partial charge in [0.2, 0.25) is 0 Å². The maximum absolute atomic E-state index is 11.9. The van der Waals surface area contributed by atoms with Crippen LogP contribution in [-0.2, 0) is 5.60 Å². The van der Waals surface area contributed by atoms with Gasteiger partial charge in [0.25, 0.3) is 0 Å². The molecule has 24 heavy (non-hydrogen) atoms. The van der Waals surface area contributed by atoms with E-state index in [9.17, 15) is 5.11 Å². The Labute approximate surface area is 145 Å². The molecule has 2 aromatic carbocycles. The number of rotatable bonds is 6. The zero-order valence-corrected chi connectivity index (χ0v) is 14.6. The van der Waals surface area contributed by atoms with Gasteiger partial charge in [0.1, 0.15) is 0 Å². The molecule has 0 saturated carbocycles. The van der Waals surface area contributed by atoms with E-state index >= 15 is 0 Å². The van der Waals surface area contributed by atoms with Gasteiger partial charge >= 0.3 is 0 Å². The molecule has 1 aliphatic rings. The van der Waals surface area contributed by atoms with Crippen molar-refractivity contribution in [2.45, 2.75) is 56.6 Å². The van der Waals surface area contributed by atoms with Gasteiger partial charge < -0.3 is 10.4 Å². The number of piperidine rings is 1. The Morgan fingerprint density at radius 2 is 1.71 bits per heavy atom. The number of benzene rings is 2. The number of hydrogen-bond acceptors (Lipinski definition) is 2. The highest BCUT2D eigenvalue weighted by atomic mass is 16.3. The van der Waals surface area contributed by atoms with Gasteiger partial charge in [-0.3, -0.25) is 0 Å². The fraction of sp³-hybridized carbons (Fsp3) is 0.455. The molecule has 1 aliphatic heterocycles. The molecule has 3 rings (SSSR count). The summed E-state index contributed by atoms with van der Waals surface area (Å²) < 4.78 is 0. The molecule has 2 heteroatoms. The third-order valence-electron chi connectivity index (χ3n) is 5.33. The molecule has 1 saturated heterocycles. The van der Waals surface area contributed by atoms with Crippen molar-refractivity contribution >= 4 is 0 Å². The molecule has 0 aromatic heterocycles. The molecule has 0 amide bonds. The van der Waals surface area contributed by atoms with E-state index in [4.69, 9.17) is 0 Å². The minimum absolute atomic E-state index is 0.0707. The summed E-state index contributed by atoms with van der Waals surface area (Å²) in [5.74, 6) is 0.0707. The van der Waals surface area contributed by atoms with Crippen LogP contribution in [0.15, 0.2) is 60.7 Å². The maximum atomic E-state index is 11.9. The minimum Gasteiger partial charge on any atom is -0.384 e. The first-order chi connectivity index (χ1) is 11.8. The number of nitrogens with one attached hydrogen (secondary N) is 1. The van der Waals surface area contributed by atoms with Crippen LogP contribution in [0, 0.1) is 0 Å². The summed E-state index contributed by atoms with van der Waals surface area (Å²) in [4.78, 5) is 0. The van der Waals surface area contributed by atoms with Gasteiger partial charge in [-0.25, -0.2) is 0 Å². The second kappa shape index (κ2) is 7.96. The molecule has 0 radical (unpaired) electrons. The highest BCUT2D eigenvalue weighted by molar-refractivity contribution is 5.33. The summed E-state index contributed by atoms with van der Waals surface area (Å²) in [6.07, 6.45) is 5.32. The molecule has 0 bridgehead atoms. The van der Waals surface area contributed by atoms with E-state index in [1.54, 1.807) is 0 Å². The molecular formula is C22H29NO. The Balaban J connectivity index is 2.06. The fourth-order valence-corrected chi connectivity index (χ4v) is 4.25. The largest absolute Gasteiger partial charge is 0.384 e. The van der Waals surface area contributed by atoms with E-state index in [0.717, 1.165) is 31.4 Å². The van der Waals surface area contributed by atoms with Gasteiger partial charge in [-0.15, -0.1) is 0 Å². The van der Waals surface area contributed by atoms with Crippen LogP contribution in [0.25, 0.3) is 0 Å².